The fourth-order valence-corrected chi connectivity index (χ4v) is 3.69. The molecule has 0 spiro atoms. The molecule has 0 aliphatic carbocycles. The molecule has 3 rings (SSSR count). The van der Waals surface area contributed by atoms with Crippen molar-refractivity contribution in [1.29, 1.82) is 0 Å². The zero-order valence-corrected chi connectivity index (χ0v) is 17.8. The molecule has 2 aromatic carbocycles. The molecule has 0 radical (unpaired) electrons. The van der Waals surface area contributed by atoms with E-state index in [9.17, 15) is 4.79 Å². The number of nitrogens with zero attached hydrogens (tertiary/aromatic N) is 3. The highest BCUT2D eigenvalue weighted by molar-refractivity contribution is 7.99. The molecule has 1 amide bonds. The predicted molar refractivity (Wildman–Crippen MR) is 116 cm³/mol. The first-order valence-corrected chi connectivity index (χ1v) is 10.6. The van der Waals surface area contributed by atoms with Crippen LogP contribution in [0.5, 0.6) is 5.75 Å². The molecule has 7 heteroatoms. The smallest absolute Gasteiger partial charge is 0.230 e. The molecule has 0 unspecified atom stereocenters. The predicted octanol–water partition coefficient (Wildman–Crippen LogP) is 3.87. The molecular weight excluding hydrogens is 384 g/mol. The molecule has 0 fully saturated rings. The summed E-state index contributed by atoms with van der Waals surface area (Å²) in [4.78, 5) is 12.1. The first kappa shape index (κ1) is 20.9. The SMILES string of the molecule is CCn1c(SCC(=O)NCCOc2ccc(C)cc2)nnc1-c1cccc(C)c1. The van der Waals surface area contributed by atoms with E-state index in [1.165, 1.54) is 22.9 Å². The Morgan fingerprint density at radius 2 is 1.90 bits per heavy atom. The first-order chi connectivity index (χ1) is 14.1. The van der Waals surface area contributed by atoms with Gasteiger partial charge in [-0.2, -0.15) is 0 Å². The van der Waals surface area contributed by atoms with Crippen molar-refractivity contribution >= 4 is 17.7 Å². The summed E-state index contributed by atoms with van der Waals surface area (Å²) < 4.78 is 7.66. The Kier molecular flexibility index (Phi) is 7.30. The van der Waals surface area contributed by atoms with E-state index in [0.717, 1.165) is 28.8 Å². The van der Waals surface area contributed by atoms with Gasteiger partial charge < -0.3 is 14.6 Å². The van der Waals surface area contributed by atoms with Gasteiger partial charge in [0.05, 0.1) is 12.3 Å². The number of aryl methyl sites for hydroxylation is 2. The van der Waals surface area contributed by atoms with Gasteiger partial charge in [0.1, 0.15) is 12.4 Å². The van der Waals surface area contributed by atoms with E-state index in [-0.39, 0.29) is 11.7 Å². The molecular formula is C22H26N4O2S. The monoisotopic (exact) mass is 410 g/mol. The number of rotatable bonds is 9. The molecule has 0 aliphatic heterocycles. The summed E-state index contributed by atoms with van der Waals surface area (Å²) >= 11 is 1.39. The topological polar surface area (TPSA) is 69.0 Å². The van der Waals surface area contributed by atoms with E-state index >= 15 is 0 Å². The lowest BCUT2D eigenvalue weighted by Gasteiger charge is -2.09. The third-order valence-electron chi connectivity index (χ3n) is 4.36. The number of nitrogens with one attached hydrogen (secondary N) is 1. The van der Waals surface area contributed by atoms with Gasteiger partial charge in [-0.3, -0.25) is 4.79 Å². The summed E-state index contributed by atoms with van der Waals surface area (Å²) in [6, 6.07) is 16.0. The maximum absolute atomic E-state index is 12.1. The van der Waals surface area contributed by atoms with Gasteiger partial charge in [-0.15, -0.1) is 10.2 Å². The highest BCUT2D eigenvalue weighted by Crippen LogP contribution is 2.24. The van der Waals surface area contributed by atoms with Crippen LogP contribution in [0.1, 0.15) is 18.1 Å². The fourth-order valence-electron chi connectivity index (χ4n) is 2.85. The number of hydrogen-bond acceptors (Lipinski definition) is 5. The molecule has 1 heterocycles. The normalized spacial score (nSPS) is 10.7. The van der Waals surface area contributed by atoms with Crippen LogP contribution in [0.2, 0.25) is 0 Å². The molecule has 0 saturated carbocycles. The zero-order valence-electron chi connectivity index (χ0n) is 17.0. The fraction of sp³-hybridized carbons (Fsp3) is 0.318. The van der Waals surface area contributed by atoms with Crippen LogP contribution >= 0.6 is 11.8 Å². The summed E-state index contributed by atoms with van der Waals surface area (Å²) in [6.07, 6.45) is 0. The number of carbonyl (C=O) groups excluding carboxylic acids is 1. The van der Waals surface area contributed by atoms with Gasteiger partial charge in [0.2, 0.25) is 5.91 Å². The van der Waals surface area contributed by atoms with E-state index < -0.39 is 0 Å². The second kappa shape index (κ2) is 10.1. The number of aromatic nitrogens is 3. The Bertz CT molecular complexity index is 954. The summed E-state index contributed by atoms with van der Waals surface area (Å²) in [6.45, 7) is 7.77. The summed E-state index contributed by atoms with van der Waals surface area (Å²) in [5.41, 5.74) is 3.40. The molecule has 0 saturated heterocycles. The number of ether oxygens (including phenoxy) is 1. The maximum Gasteiger partial charge on any atom is 0.230 e. The Hall–Kier alpha value is -2.80. The number of amides is 1. The average Bonchev–Trinajstić information content (AvgIpc) is 3.14. The summed E-state index contributed by atoms with van der Waals surface area (Å²) in [5, 5.41) is 12.2. The van der Waals surface area contributed by atoms with Crippen LogP contribution < -0.4 is 10.1 Å². The standard InChI is InChI=1S/C22H26N4O2S/c1-4-26-21(18-7-5-6-17(3)14-18)24-25-22(26)29-15-20(27)23-12-13-28-19-10-8-16(2)9-11-19/h5-11,14H,4,12-13,15H2,1-3H3,(H,23,27). The second-order valence-electron chi connectivity index (χ2n) is 6.72. The zero-order chi connectivity index (χ0) is 20.6. The van der Waals surface area contributed by atoms with Crippen LogP contribution in [0.15, 0.2) is 53.7 Å². The lowest BCUT2D eigenvalue weighted by molar-refractivity contribution is -0.118. The molecule has 0 atom stereocenters. The third kappa shape index (κ3) is 5.84. The van der Waals surface area contributed by atoms with Gasteiger partial charge >= 0.3 is 0 Å². The highest BCUT2D eigenvalue weighted by Gasteiger charge is 2.14. The van der Waals surface area contributed by atoms with Gasteiger partial charge in [0.25, 0.3) is 0 Å². The molecule has 0 bridgehead atoms. The lowest BCUT2D eigenvalue weighted by Crippen LogP contribution is -2.29. The van der Waals surface area contributed by atoms with Gasteiger partial charge in [0.15, 0.2) is 11.0 Å². The molecule has 1 aromatic heterocycles. The average molecular weight is 411 g/mol. The summed E-state index contributed by atoms with van der Waals surface area (Å²) in [5.74, 6) is 1.87. The van der Waals surface area contributed by atoms with Gasteiger partial charge in [-0.1, -0.05) is 53.2 Å². The summed E-state index contributed by atoms with van der Waals surface area (Å²) in [7, 11) is 0. The van der Waals surface area contributed by atoms with Crippen molar-refractivity contribution in [2.75, 3.05) is 18.9 Å². The number of carbonyl (C=O) groups is 1. The molecule has 6 nitrogen and oxygen atoms in total. The number of hydrogen-bond donors (Lipinski definition) is 1. The van der Waals surface area contributed by atoms with E-state index in [4.69, 9.17) is 4.74 Å². The van der Waals surface area contributed by atoms with Crippen LogP contribution in [0.3, 0.4) is 0 Å². The van der Waals surface area contributed by atoms with Gasteiger partial charge in [-0.05, 0) is 39.0 Å². The van der Waals surface area contributed by atoms with Crippen LogP contribution in [0.4, 0.5) is 0 Å². The minimum atomic E-state index is -0.0507. The van der Waals surface area contributed by atoms with Crippen molar-refractivity contribution in [3.05, 3.63) is 59.7 Å². The Balaban J connectivity index is 1.48. The third-order valence-corrected chi connectivity index (χ3v) is 5.32. The molecule has 29 heavy (non-hydrogen) atoms. The van der Waals surface area contributed by atoms with Crippen molar-refractivity contribution in [2.24, 2.45) is 0 Å². The quantitative estimate of drug-likeness (QED) is 0.428. The Morgan fingerprint density at radius 3 is 2.62 bits per heavy atom. The molecule has 3 aromatic rings. The van der Waals surface area contributed by atoms with Gasteiger partial charge in [-0.25, -0.2) is 0 Å². The second-order valence-corrected chi connectivity index (χ2v) is 7.66. The number of benzene rings is 2. The van der Waals surface area contributed by atoms with Crippen molar-refractivity contribution in [1.82, 2.24) is 20.1 Å². The first-order valence-electron chi connectivity index (χ1n) is 9.66. The van der Waals surface area contributed by atoms with E-state index in [2.05, 4.69) is 41.5 Å². The number of thioether (sulfide) groups is 1. The Morgan fingerprint density at radius 1 is 1.10 bits per heavy atom. The largest absolute Gasteiger partial charge is 0.492 e. The van der Waals surface area contributed by atoms with Crippen molar-refractivity contribution in [3.63, 3.8) is 0 Å². The van der Waals surface area contributed by atoms with E-state index in [1.807, 2.05) is 47.9 Å². The molecule has 152 valence electrons. The highest BCUT2D eigenvalue weighted by atomic mass is 32.2. The minimum Gasteiger partial charge on any atom is -0.492 e. The maximum atomic E-state index is 12.1. The lowest BCUT2D eigenvalue weighted by atomic mass is 10.1. The Labute approximate surface area is 175 Å². The molecule has 0 aliphatic rings. The van der Waals surface area contributed by atoms with Crippen molar-refractivity contribution in [2.45, 2.75) is 32.5 Å². The van der Waals surface area contributed by atoms with E-state index in [0.29, 0.717) is 13.2 Å². The van der Waals surface area contributed by atoms with Crippen LogP contribution in [0.25, 0.3) is 11.4 Å². The van der Waals surface area contributed by atoms with Crippen LogP contribution in [-0.2, 0) is 11.3 Å². The van der Waals surface area contributed by atoms with Gasteiger partial charge in [0, 0.05) is 12.1 Å². The van der Waals surface area contributed by atoms with Crippen LogP contribution in [-0.4, -0.2) is 39.6 Å². The minimum absolute atomic E-state index is 0.0507. The van der Waals surface area contributed by atoms with Crippen molar-refractivity contribution < 1.29 is 9.53 Å². The molecule has 1 N–H and O–H groups in total. The van der Waals surface area contributed by atoms with Crippen molar-refractivity contribution in [3.8, 4) is 17.1 Å². The van der Waals surface area contributed by atoms with Crippen LogP contribution in [0, 0.1) is 13.8 Å². The van der Waals surface area contributed by atoms with E-state index in [1.54, 1.807) is 0 Å².